The molecule has 112 valence electrons. The van der Waals surface area contributed by atoms with E-state index in [1.54, 1.807) is 0 Å². The van der Waals surface area contributed by atoms with Crippen molar-refractivity contribution >= 4 is 11.8 Å². The molecule has 4 heteroatoms. The summed E-state index contributed by atoms with van der Waals surface area (Å²) in [5.74, 6) is 3.27. The fraction of sp³-hybridized carbons (Fsp3) is 0.812. The quantitative estimate of drug-likeness (QED) is 0.904. The first-order valence-corrected chi connectivity index (χ1v) is 9.26. The van der Waals surface area contributed by atoms with Gasteiger partial charge < -0.3 is 5.11 Å². The van der Waals surface area contributed by atoms with Crippen LogP contribution in [-0.4, -0.2) is 32.5 Å². The summed E-state index contributed by atoms with van der Waals surface area (Å²) in [5, 5.41) is 15.0. The predicted molar refractivity (Wildman–Crippen MR) is 84.1 cm³/mol. The van der Waals surface area contributed by atoms with E-state index in [4.69, 9.17) is 0 Å². The molecule has 3 rings (SSSR count). The van der Waals surface area contributed by atoms with Crippen molar-refractivity contribution in [3.05, 3.63) is 18.0 Å². The van der Waals surface area contributed by atoms with Crippen LogP contribution < -0.4 is 0 Å². The summed E-state index contributed by atoms with van der Waals surface area (Å²) < 4.78 is 2.13. The molecule has 1 aromatic rings. The van der Waals surface area contributed by atoms with Crippen LogP contribution in [0.2, 0.25) is 0 Å². The summed E-state index contributed by atoms with van der Waals surface area (Å²) in [6.07, 6.45) is 11.3. The predicted octanol–water partition coefficient (Wildman–Crippen LogP) is 3.43. The van der Waals surface area contributed by atoms with Gasteiger partial charge >= 0.3 is 0 Å². The van der Waals surface area contributed by atoms with E-state index in [-0.39, 0.29) is 6.10 Å². The summed E-state index contributed by atoms with van der Waals surface area (Å²) in [7, 11) is 0. The first-order chi connectivity index (χ1) is 9.81. The Labute approximate surface area is 126 Å². The zero-order valence-corrected chi connectivity index (χ0v) is 13.0. The Kier molecular flexibility index (Phi) is 5.05. The molecule has 1 N–H and O–H groups in total. The largest absolute Gasteiger partial charge is 0.393 e. The first-order valence-electron chi connectivity index (χ1n) is 8.11. The molecule has 0 bridgehead atoms. The van der Waals surface area contributed by atoms with Crippen LogP contribution in [0.4, 0.5) is 0 Å². The smallest absolute Gasteiger partial charge is 0.0650 e. The summed E-state index contributed by atoms with van der Waals surface area (Å²) in [4.78, 5) is 0. The molecular formula is C16H26N2OS. The molecule has 0 aromatic carbocycles. The van der Waals surface area contributed by atoms with Gasteiger partial charge in [-0.05, 0) is 55.6 Å². The van der Waals surface area contributed by atoms with Crippen molar-refractivity contribution in [2.45, 2.75) is 63.5 Å². The standard InChI is InChI=1S/C16H26N2OS/c19-16(11-13-6-9-20-10-7-13)12-14-5-8-18(17-14)15-3-1-2-4-15/h5,8,13,15-16,19H,1-4,6-7,9-12H2. The molecule has 1 saturated heterocycles. The third kappa shape index (κ3) is 3.79. The third-order valence-corrected chi connectivity index (χ3v) is 5.80. The summed E-state index contributed by atoms with van der Waals surface area (Å²) in [5.41, 5.74) is 1.06. The summed E-state index contributed by atoms with van der Waals surface area (Å²) in [6.45, 7) is 0. The number of thioether (sulfide) groups is 1. The number of hydrogen-bond donors (Lipinski definition) is 1. The van der Waals surface area contributed by atoms with Crippen molar-refractivity contribution < 1.29 is 5.11 Å². The Bertz CT molecular complexity index is 408. The Morgan fingerprint density at radius 1 is 1.25 bits per heavy atom. The normalized spacial score (nSPS) is 23.2. The number of aromatic nitrogens is 2. The second-order valence-electron chi connectivity index (χ2n) is 6.37. The minimum atomic E-state index is -0.213. The van der Waals surface area contributed by atoms with Crippen LogP contribution in [0.25, 0.3) is 0 Å². The molecule has 20 heavy (non-hydrogen) atoms. The molecule has 3 nitrogen and oxygen atoms in total. The number of aliphatic hydroxyl groups excluding tert-OH is 1. The van der Waals surface area contributed by atoms with Crippen LogP contribution in [0.5, 0.6) is 0 Å². The van der Waals surface area contributed by atoms with Gasteiger partial charge in [0, 0.05) is 12.6 Å². The Hall–Kier alpha value is -0.480. The van der Waals surface area contributed by atoms with Gasteiger partial charge in [0.1, 0.15) is 0 Å². The fourth-order valence-electron chi connectivity index (χ4n) is 3.55. The highest BCUT2D eigenvalue weighted by Gasteiger charge is 2.20. The van der Waals surface area contributed by atoms with E-state index in [1.165, 1.54) is 50.0 Å². The number of hydrogen-bond acceptors (Lipinski definition) is 3. The van der Waals surface area contributed by atoms with Gasteiger partial charge in [-0.15, -0.1) is 0 Å². The maximum atomic E-state index is 10.3. The molecule has 1 atom stereocenters. The van der Waals surface area contributed by atoms with E-state index in [0.717, 1.165) is 24.5 Å². The zero-order valence-electron chi connectivity index (χ0n) is 12.2. The average Bonchev–Trinajstić information content (AvgIpc) is 3.10. The highest BCUT2D eigenvalue weighted by atomic mass is 32.2. The lowest BCUT2D eigenvalue weighted by molar-refractivity contribution is 0.138. The van der Waals surface area contributed by atoms with E-state index in [2.05, 4.69) is 22.0 Å². The van der Waals surface area contributed by atoms with Crippen molar-refractivity contribution in [1.82, 2.24) is 9.78 Å². The molecule has 2 heterocycles. The van der Waals surface area contributed by atoms with Crippen LogP contribution in [0.1, 0.15) is 56.7 Å². The third-order valence-electron chi connectivity index (χ3n) is 4.75. The van der Waals surface area contributed by atoms with E-state index >= 15 is 0 Å². The van der Waals surface area contributed by atoms with Crippen LogP contribution in [0.15, 0.2) is 12.3 Å². The van der Waals surface area contributed by atoms with Crippen LogP contribution in [0, 0.1) is 5.92 Å². The molecule has 0 radical (unpaired) electrons. The van der Waals surface area contributed by atoms with Crippen molar-refractivity contribution in [1.29, 1.82) is 0 Å². The maximum absolute atomic E-state index is 10.3. The highest BCUT2D eigenvalue weighted by molar-refractivity contribution is 7.99. The molecule has 1 unspecified atom stereocenters. The Balaban J connectivity index is 1.49. The van der Waals surface area contributed by atoms with E-state index in [9.17, 15) is 5.11 Å². The molecule has 1 aromatic heterocycles. The van der Waals surface area contributed by atoms with Crippen molar-refractivity contribution in [2.24, 2.45) is 5.92 Å². The monoisotopic (exact) mass is 294 g/mol. The molecule has 2 fully saturated rings. The van der Waals surface area contributed by atoms with Gasteiger partial charge in [-0.25, -0.2) is 0 Å². The van der Waals surface area contributed by atoms with Gasteiger partial charge in [-0.3, -0.25) is 4.68 Å². The van der Waals surface area contributed by atoms with Gasteiger partial charge in [0.25, 0.3) is 0 Å². The minimum absolute atomic E-state index is 0.213. The molecule has 0 amide bonds. The van der Waals surface area contributed by atoms with Gasteiger partial charge in [0.2, 0.25) is 0 Å². The van der Waals surface area contributed by atoms with E-state index in [0.29, 0.717) is 6.04 Å². The van der Waals surface area contributed by atoms with Crippen molar-refractivity contribution in [3.8, 4) is 0 Å². The van der Waals surface area contributed by atoms with Crippen LogP contribution >= 0.6 is 11.8 Å². The topological polar surface area (TPSA) is 38.0 Å². The molecule has 2 aliphatic rings. The van der Waals surface area contributed by atoms with Crippen molar-refractivity contribution in [3.63, 3.8) is 0 Å². The van der Waals surface area contributed by atoms with E-state index in [1.807, 2.05) is 11.8 Å². The lowest BCUT2D eigenvalue weighted by Gasteiger charge is -2.23. The van der Waals surface area contributed by atoms with E-state index < -0.39 is 0 Å². The molecule has 1 aliphatic carbocycles. The van der Waals surface area contributed by atoms with Gasteiger partial charge in [-0.1, -0.05) is 12.8 Å². The lowest BCUT2D eigenvalue weighted by atomic mass is 9.94. The summed E-state index contributed by atoms with van der Waals surface area (Å²) >= 11 is 2.05. The SMILES string of the molecule is OC(Cc1ccn(C2CCCC2)n1)CC1CCSCC1. The average molecular weight is 294 g/mol. The fourth-order valence-corrected chi connectivity index (χ4v) is 4.75. The van der Waals surface area contributed by atoms with Gasteiger partial charge in [0.05, 0.1) is 17.8 Å². The minimum Gasteiger partial charge on any atom is -0.393 e. The number of nitrogens with zero attached hydrogens (tertiary/aromatic N) is 2. The van der Waals surface area contributed by atoms with Crippen molar-refractivity contribution in [2.75, 3.05) is 11.5 Å². The lowest BCUT2D eigenvalue weighted by Crippen LogP contribution is -2.20. The van der Waals surface area contributed by atoms with Gasteiger partial charge in [0.15, 0.2) is 0 Å². The molecule has 0 spiro atoms. The second kappa shape index (κ2) is 6.99. The van der Waals surface area contributed by atoms with Crippen LogP contribution in [0.3, 0.4) is 0 Å². The Morgan fingerprint density at radius 2 is 2.00 bits per heavy atom. The van der Waals surface area contributed by atoms with Crippen LogP contribution in [-0.2, 0) is 6.42 Å². The first kappa shape index (κ1) is 14.5. The molecular weight excluding hydrogens is 268 g/mol. The molecule has 1 aliphatic heterocycles. The molecule has 1 saturated carbocycles. The summed E-state index contributed by atoms with van der Waals surface area (Å²) in [6, 6.07) is 2.70. The second-order valence-corrected chi connectivity index (χ2v) is 7.60. The maximum Gasteiger partial charge on any atom is 0.0650 e. The van der Waals surface area contributed by atoms with Gasteiger partial charge in [-0.2, -0.15) is 16.9 Å². The Morgan fingerprint density at radius 3 is 2.75 bits per heavy atom. The number of aliphatic hydroxyl groups is 1. The number of rotatable bonds is 5. The zero-order chi connectivity index (χ0) is 13.8. The highest BCUT2D eigenvalue weighted by Crippen LogP contribution is 2.29.